The molecule has 0 fully saturated rings. The van der Waals surface area contributed by atoms with E-state index in [1.807, 2.05) is 0 Å². The minimum Gasteiger partial charge on any atom is -0.469 e. The Balaban J connectivity index is 0. The van der Waals surface area contributed by atoms with Crippen molar-refractivity contribution in [2.45, 2.75) is 38.5 Å². The van der Waals surface area contributed by atoms with Gasteiger partial charge in [0.25, 0.3) is 0 Å². The van der Waals surface area contributed by atoms with Gasteiger partial charge in [0.15, 0.2) is 0 Å². The van der Waals surface area contributed by atoms with Crippen molar-refractivity contribution in [1.29, 1.82) is 0 Å². The van der Waals surface area contributed by atoms with Crippen LogP contribution in [0.25, 0.3) is 0 Å². The fourth-order valence-corrected chi connectivity index (χ4v) is 2.16. The number of carbonyl (C=O) groups is 2. The Labute approximate surface area is 119 Å². The van der Waals surface area contributed by atoms with Crippen LogP contribution < -0.4 is 0 Å². The minimum atomic E-state index is -0.439. The quantitative estimate of drug-likeness (QED) is 0.538. The SMILES string of the molecule is COC(=O)CCC(CCO)(CCO)CCC(=O)OC.O. The summed E-state index contributed by atoms with van der Waals surface area (Å²) in [6, 6.07) is 0. The van der Waals surface area contributed by atoms with Crippen molar-refractivity contribution in [3.8, 4) is 0 Å². The Morgan fingerprint density at radius 1 is 0.850 bits per heavy atom. The zero-order valence-electron chi connectivity index (χ0n) is 12.2. The zero-order chi connectivity index (χ0) is 14.7. The van der Waals surface area contributed by atoms with Crippen LogP contribution in [0.2, 0.25) is 0 Å². The standard InChI is InChI=1S/C13H24O6.H2O/c1-18-11(16)3-5-13(7-9-14,8-10-15)6-4-12(17)19-2;/h14-15H,3-10H2,1-2H3;1H2. The van der Waals surface area contributed by atoms with Gasteiger partial charge in [0.05, 0.1) is 14.2 Å². The molecule has 0 aliphatic carbocycles. The Hall–Kier alpha value is -1.18. The molecule has 0 rings (SSSR count). The van der Waals surface area contributed by atoms with Crippen LogP contribution in [-0.2, 0) is 19.1 Å². The van der Waals surface area contributed by atoms with Gasteiger partial charge in [-0.05, 0) is 31.1 Å². The summed E-state index contributed by atoms with van der Waals surface area (Å²) in [5.74, 6) is -0.670. The largest absolute Gasteiger partial charge is 0.469 e. The van der Waals surface area contributed by atoms with Crippen LogP contribution in [0.1, 0.15) is 38.5 Å². The maximum absolute atomic E-state index is 11.2. The number of methoxy groups -OCH3 is 2. The molecule has 7 nitrogen and oxygen atoms in total. The van der Waals surface area contributed by atoms with Gasteiger partial charge in [-0.3, -0.25) is 9.59 Å². The molecule has 0 radical (unpaired) electrons. The molecule has 7 heteroatoms. The lowest BCUT2D eigenvalue weighted by molar-refractivity contribution is -0.142. The monoisotopic (exact) mass is 294 g/mol. The maximum Gasteiger partial charge on any atom is 0.305 e. The third-order valence-corrected chi connectivity index (χ3v) is 3.46. The molecule has 0 amide bonds. The summed E-state index contributed by atoms with van der Waals surface area (Å²) >= 11 is 0. The first-order valence-electron chi connectivity index (χ1n) is 6.39. The molecule has 0 saturated carbocycles. The van der Waals surface area contributed by atoms with Crippen molar-refractivity contribution in [1.82, 2.24) is 0 Å². The van der Waals surface area contributed by atoms with Crippen LogP contribution in [0.5, 0.6) is 0 Å². The van der Waals surface area contributed by atoms with Gasteiger partial charge in [0.1, 0.15) is 0 Å². The van der Waals surface area contributed by atoms with Crippen molar-refractivity contribution in [3.05, 3.63) is 0 Å². The lowest BCUT2D eigenvalue weighted by atomic mass is 9.74. The molecule has 0 heterocycles. The molecule has 0 aliphatic rings. The Kier molecular flexibility index (Phi) is 12.3. The second-order valence-electron chi connectivity index (χ2n) is 4.60. The summed E-state index contributed by atoms with van der Waals surface area (Å²) in [7, 11) is 2.63. The highest BCUT2D eigenvalue weighted by Gasteiger charge is 2.30. The van der Waals surface area contributed by atoms with Crippen LogP contribution in [0.15, 0.2) is 0 Å². The average molecular weight is 294 g/mol. The van der Waals surface area contributed by atoms with Crippen molar-refractivity contribution in [3.63, 3.8) is 0 Å². The van der Waals surface area contributed by atoms with Crippen LogP contribution in [0.4, 0.5) is 0 Å². The lowest BCUT2D eigenvalue weighted by Gasteiger charge is -2.32. The summed E-state index contributed by atoms with van der Waals surface area (Å²) in [4.78, 5) is 22.4. The normalized spacial score (nSPS) is 10.6. The van der Waals surface area contributed by atoms with E-state index in [0.29, 0.717) is 25.7 Å². The van der Waals surface area contributed by atoms with E-state index in [9.17, 15) is 9.59 Å². The molecule has 4 N–H and O–H groups in total. The molecule has 0 aromatic carbocycles. The van der Waals surface area contributed by atoms with Crippen molar-refractivity contribution in [2.24, 2.45) is 5.41 Å². The van der Waals surface area contributed by atoms with Crippen LogP contribution >= 0.6 is 0 Å². The molecule has 0 atom stereocenters. The number of rotatable bonds is 10. The van der Waals surface area contributed by atoms with E-state index in [1.54, 1.807) is 0 Å². The number of hydrogen-bond donors (Lipinski definition) is 2. The number of carbonyl (C=O) groups excluding carboxylic acids is 2. The predicted octanol–water partition coefficient (Wildman–Crippen LogP) is -0.181. The number of hydrogen-bond acceptors (Lipinski definition) is 6. The average Bonchev–Trinajstić information content (AvgIpc) is 2.42. The summed E-state index contributed by atoms with van der Waals surface area (Å²) in [6.45, 7) is -0.106. The summed E-state index contributed by atoms with van der Waals surface area (Å²) in [6.07, 6.45) is 2.22. The van der Waals surface area contributed by atoms with Gasteiger partial charge in [-0.1, -0.05) is 0 Å². The number of aliphatic hydroxyl groups is 2. The molecular weight excluding hydrogens is 268 g/mol. The highest BCUT2D eigenvalue weighted by molar-refractivity contribution is 5.69. The van der Waals surface area contributed by atoms with Gasteiger partial charge in [0.2, 0.25) is 0 Å². The maximum atomic E-state index is 11.2. The zero-order valence-corrected chi connectivity index (χ0v) is 12.2. The number of ether oxygens (including phenoxy) is 2. The number of esters is 2. The van der Waals surface area contributed by atoms with Crippen molar-refractivity contribution >= 4 is 11.9 Å². The molecule has 0 bridgehead atoms. The lowest BCUT2D eigenvalue weighted by Crippen LogP contribution is -2.26. The third-order valence-electron chi connectivity index (χ3n) is 3.46. The fraction of sp³-hybridized carbons (Fsp3) is 0.846. The second-order valence-corrected chi connectivity index (χ2v) is 4.60. The van der Waals surface area contributed by atoms with Crippen LogP contribution in [-0.4, -0.2) is 55.1 Å². The summed E-state index contributed by atoms with van der Waals surface area (Å²) in [5.41, 5.74) is -0.439. The van der Waals surface area contributed by atoms with E-state index < -0.39 is 5.41 Å². The molecule has 0 aromatic heterocycles. The minimum absolute atomic E-state index is 0. The van der Waals surface area contributed by atoms with E-state index in [2.05, 4.69) is 9.47 Å². The highest BCUT2D eigenvalue weighted by atomic mass is 16.5. The first-order valence-corrected chi connectivity index (χ1v) is 6.39. The molecule has 0 unspecified atom stereocenters. The van der Waals surface area contributed by atoms with E-state index in [1.165, 1.54) is 14.2 Å². The molecule has 0 saturated heterocycles. The van der Waals surface area contributed by atoms with Gasteiger partial charge in [-0.15, -0.1) is 0 Å². The van der Waals surface area contributed by atoms with E-state index >= 15 is 0 Å². The molecule has 20 heavy (non-hydrogen) atoms. The van der Waals surface area contributed by atoms with E-state index in [-0.39, 0.29) is 43.5 Å². The van der Waals surface area contributed by atoms with Gasteiger partial charge in [-0.25, -0.2) is 0 Å². The first-order chi connectivity index (χ1) is 9.03. The van der Waals surface area contributed by atoms with Crippen LogP contribution in [0, 0.1) is 5.41 Å². The smallest absolute Gasteiger partial charge is 0.305 e. The third kappa shape index (κ3) is 8.08. The van der Waals surface area contributed by atoms with Crippen LogP contribution in [0.3, 0.4) is 0 Å². The Bertz CT molecular complexity index is 250. The van der Waals surface area contributed by atoms with Crippen molar-refractivity contribution in [2.75, 3.05) is 27.4 Å². The Morgan fingerprint density at radius 3 is 1.45 bits per heavy atom. The first kappa shape index (κ1) is 21.1. The summed E-state index contributed by atoms with van der Waals surface area (Å²) in [5, 5.41) is 18.3. The van der Waals surface area contributed by atoms with Gasteiger partial charge in [0, 0.05) is 26.1 Å². The summed E-state index contributed by atoms with van der Waals surface area (Å²) < 4.78 is 9.19. The van der Waals surface area contributed by atoms with Gasteiger partial charge >= 0.3 is 11.9 Å². The second kappa shape index (κ2) is 11.6. The predicted molar refractivity (Wildman–Crippen MR) is 72.0 cm³/mol. The van der Waals surface area contributed by atoms with E-state index in [0.717, 1.165) is 0 Å². The molecule has 0 spiro atoms. The highest BCUT2D eigenvalue weighted by Crippen LogP contribution is 2.37. The fourth-order valence-electron chi connectivity index (χ4n) is 2.16. The molecule has 0 aliphatic heterocycles. The molecule has 120 valence electrons. The topological polar surface area (TPSA) is 125 Å². The van der Waals surface area contributed by atoms with Gasteiger partial charge in [-0.2, -0.15) is 0 Å². The Morgan fingerprint density at radius 2 is 1.20 bits per heavy atom. The molecular formula is C13H26O7. The van der Waals surface area contributed by atoms with Crippen molar-refractivity contribution < 1.29 is 34.8 Å². The van der Waals surface area contributed by atoms with Gasteiger partial charge < -0.3 is 25.2 Å². The number of aliphatic hydroxyl groups excluding tert-OH is 2. The van der Waals surface area contributed by atoms with E-state index in [4.69, 9.17) is 10.2 Å². The molecule has 0 aromatic rings.